The third-order valence-corrected chi connectivity index (χ3v) is 4.05. The topological polar surface area (TPSA) is 70.7 Å². The fourth-order valence-electron chi connectivity index (χ4n) is 3.29. The molecule has 5 heteroatoms. The van der Waals surface area contributed by atoms with Gasteiger partial charge in [0.05, 0.1) is 0 Å². The lowest BCUT2D eigenvalue weighted by atomic mass is 9.75. The van der Waals surface area contributed by atoms with E-state index in [2.05, 4.69) is 17.2 Å². The van der Waals surface area contributed by atoms with E-state index in [9.17, 15) is 4.79 Å². The molecule has 2 amide bonds. The van der Waals surface area contributed by atoms with Crippen LogP contribution in [-0.4, -0.2) is 41.4 Å². The summed E-state index contributed by atoms with van der Waals surface area (Å²) in [7, 11) is 0. The summed E-state index contributed by atoms with van der Waals surface area (Å²) in [4.78, 5) is 17.9. The summed E-state index contributed by atoms with van der Waals surface area (Å²) < 4.78 is 0. The number of nitrogens with two attached hydrogens (primary N) is 1. The Labute approximate surface area is 102 Å². The van der Waals surface area contributed by atoms with Gasteiger partial charge in [0.2, 0.25) is 0 Å². The number of amides is 2. The monoisotopic (exact) mass is 238 g/mol. The molecule has 0 aromatic rings. The molecule has 0 bridgehead atoms. The maximum Gasteiger partial charge on any atom is 0.346 e. The third-order valence-electron chi connectivity index (χ3n) is 4.05. The van der Waals surface area contributed by atoms with Gasteiger partial charge in [-0.2, -0.15) is 4.99 Å². The number of amidine groups is 1. The highest BCUT2D eigenvalue weighted by Gasteiger charge is 2.54. The number of hydrogen-bond acceptors (Lipinski definition) is 3. The number of urea groups is 1. The van der Waals surface area contributed by atoms with Gasteiger partial charge in [0.25, 0.3) is 0 Å². The van der Waals surface area contributed by atoms with Crippen LogP contribution in [0.25, 0.3) is 0 Å². The minimum atomic E-state index is -0.342. The Morgan fingerprint density at radius 1 is 1.65 bits per heavy atom. The van der Waals surface area contributed by atoms with E-state index in [0.717, 1.165) is 25.9 Å². The molecule has 1 saturated heterocycles. The number of rotatable bonds is 2. The molecule has 17 heavy (non-hydrogen) atoms. The number of hydrogen-bond donors (Lipinski definition) is 2. The Kier molecular flexibility index (Phi) is 3.12. The summed E-state index contributed by atoms with van der Waals surface area (Å²) in [6, 6.07) is -0.0303. The van der Waals surface area contributed by atoms with Gasteiger partial charge in [-0.3, -0.25) is 0 Å². The first-order valence-electron chi connectivity index (χ1n) is 6.42. The van der Waals surface area contributed by atoms with Gasteiger partial charge in [0.15, 0.2) is 0 Å². The fourth-order valence-corrected chi connectivity index (χ4v) is 3.29. The highest BCUT2D eigenvalue weighted by Crippen LogP contribution is 2.38. The lowest BCUT2D eigenvalue weighted by molar-refractivity contribution is 0.0791. The first-order valence-corrected chi connectivity index (χ1v) is 6.42. The van der Waals surface area contributed by atoms with E-state index in [1.807, 2.05) is 18.7 Å². The van der Waals surface area contributed by atoms with Crippen molar-refractivity contribution in [1.82, 2.24) is 10.2 Å². The molecule has 0 radical (unpaired) electrons. The molecule has 2 heterocycles. The van der Waals surface area contributed by atoms with E-state index in [0.29, 0.717) is 11.8 Å². The lowest BCUT2D eigenvalue weighted by Crippen LogP contribution is -2.65. The molecule has 1 fully saturated rings. The largest absolute Gasteiger partial charge is 0.385 e. The van der Waals surface area contributed by atoms with Crippen molar-refractivity contribution in [3.8, 4) is 0 Å². The molecular weight excluding hydrogens is 216 g/mol. The van der Waals surface area contributed by atoms with Gasteiger partial charge in [-0.15, -0.1) is 0 Å². The Morgan fingerprint density at radius 2 is 2.35 bits per heavy atom. The first kappa shape index (κ1) is 12.4. The predicted octanol–water partition coefficient (Wildman–Crippen LogP) is 0.946. The molecule has 2 atom stereocenters. The van der Waals surface area contributed by atoms with Crippen LogP contribution in [0.1, 0.15) is 33.6 Å². The molecule has 2 rings (SSSR count). The van der Waals surface area contributed by atoms with Crippen LogP contribution >= 0.6 is 0 Å². The predicted molar refractivity (Wildman–Crippen MR) is 68.0 cm³/mol. The van der Waals surface area contributed by atoms with Crippen LogP contribution in [0.5, 0.6) is 0 Å². The molecule has 0 aromatic heterocycles. The number of piperidine rings is 1. The Bertz CT molecular complexity index is 352. The second kappa shape index (κ2) is 4.29. The van der Waals surface area contributed by atoms with Gasteiger partial charge < -0.3 is 16.0 Å². The van der Waals surface area contributed by atoms with Crippen molar-refractivity contribution in [2.24, 2.45) is 16.6 Å². The maximum absolute atomic E-state index is 12.0. The van der Waals surface area contributed by atoms with E-state index in [1.165, 1.54) is 0 Å². The van der Waals surface area contributed by atoms with E-state index >= 15 is 0 Å². The number of carbonyl (C=O) groups is 1. The van der Waals surface area contributed by atoms with Crippen LogP contribution in [0.4, 0.5) is 4.79 Å². The van der Waals surface area contributed by atoms with Crippen molar-refractivity contribution in [3.63, 3.8) is 0 Å². The van der Waals surface area contributed by atoms with Crippen LogP contribution in [0.2, 0.25) is 0 Å². The third kappa shape index (κ3) is 1.64. The second-order valence-electron chi connectivity index (χ2n) is 5.23. The smallest absolute Gasteiger partial charge is 0.346 e. The molecule has 5 nitrogen and oxygen atoms in total. The summed E-state index contributed by atoms with van der Waals surface area (Å²) in [5.74, 6) is 0.874. The standard InChI is InChI=1S/C12H22N4O/c1-4-9-7-14-6-5-12(9)10(13)15-11(17)16(12)8(2)3/h8-9,14H,4-7H2,1-3H3,(H2,13,15,17). The Balaban J connectivity index is 2.43. The van der Waals surface area contributed by atoms with E-state index < -0.39 is 0 Å². The minimum Gasteiger partial charge on any atom is -0.385 e. The summed E-state index contributed by atoms with van der Waals surface area (Å²) >= 11 is 0. The average molecular weight is 238 g/mol. The lowest BCUT2D eigenvalue weighted by Gasteiger charge is -2.48. The number of carbonyl (C=O) groups excluding carboxylic acids is 1. The maximum atomic E-state index is 12.0. The molecule has 1 spiro atoms. The second-order valence-corrected chi connectivity index (χ2v) is 5.23. The van der Waals surface area contributed by atoms with Gasteiger partial charge in [-0.25, -0.2) is 4.79 Å². The van der Waals surface area contributed by atoms with Crippen molar-refractivity contribution < 1.29 is 4.79 Å². The molecule has 0 aromatic carbocycles. The van der Waals surface area contributed by atoms with Gasteiger partial charge in [0, 0.05) is 18.5 Å². The summed E-state index contributed by atoms with van der Waals surface area (Å²) in [5.41, 5.74) is 5.75. The van der Waals surface area contributed by atoms with Crippen LogP contribution in [0, 0.1) is 5.92 Å². The highest BCUT2D eigenvalue weighted by molar-refractivity contribution is 6.06. The van der Waals surface area contributed by atoms with Crippen LogP contribution < -0.4 is 11.1 Å². The van der Waals surface area contributed by atoms with E-state index in [4.69, 9.17) is 5.73 Å². The Morgan fingerprint density at radius 3 is 2.94 bits per heavy atom. The number of aliphatic imine (C=N–C) groups is 1. The molecule has 2 aliphatic rings. The van der Waals surface area contributed by atoms with Gasteiger partial charge >= 0.3 is 6.03 Å². The van der Waals surface area contributed by atoms with Crippen molar-refractivity contribution in [1.29, 1.82) is 0 Å². The SMILES string of the molecule is CCC1CNCCC12C(N)=NC(=O)N2C(C)C. The van der Waals surface area contributed by atoms with Crippen molar-refractivity contribution in [2.75, 3.05) is 13.1 Å². The quantitative estimate of drug-likeness (QED) is 0.752. The molecule has 3 N–H and O–H groups in total. The van der Waals surface area contributed by atoms with E-state index in [-0.39, 0.29) is 17.6 Å². The average Bonchev–Trinajstić information content (AvgIpc) is 2.51. The highest BCUT2D eigenvalue weighted by atomic mass is 16.2. The van der Waals surface area contributed by atoms with Gasteiger partial charge in [-0.1, -0.05) is 6.92 Å². The zero-order valence-electron chi connectivity index (χ0n) is 10.9. The van der Waals surface area contributed by atoms with Gasteiger partial charge in [-0.05, 0) is 33.2 Å². The molecular formula is C12H22N4O. The first-order chi connectivity index (χ1) is 8.04. The minimum absolute atomic E-state index is 0.138. The number of nitrogens with one attached hydrogen (secondary N) is 1. The molecule has 2 unspecified atom stereocenters. The van der Waals surface area contributed by atoms with Crippen LogP contribution in [-0.2, 0) is 0 Å². The van der Waals surface area contributed by atoms with Crippen molar-refractivity contribution in [2.45, 2.75) is 45.2 Å². The van der Waals surface area contributed by atoms with Gasteiger partial charge in [0.1, 0.15) is 11.4 Å². The Hall–Kier alpha value is -1.10. The molecule has 0 saturated carbocycles. The fraction of sp³-hybridized carbons (Fsp3) is 0.833. The molecule has 2 aliphatic heterocycles. The molecule has 96 valence electrons. The summed E-state index contributed by atoms with van der Waals surface area (Å²) in [5, 5.41) is 3.38. The zero-order chi connectivity index (χ0) is 12.6. The summed E-state index contributed by atoms with van der Waals surface area (Å²) in [6.07, 6.45) is 1.87. The van der Waals surface area contributed by atoms with Crippen LogP contribution in [0.15, 0.2) is 4.99 Å². The number of nitrogens with zero attached hydrogens (tertiary/aromatic N) is 2. The molecule has 0 aliphatic carbocycles. The van der Waals surface area contributed by atoms with Crippen LogP contribution in [0.3, 0.4) is 0 Å². The van der Waals surface area contributed by atoms with Crippen molar-refractivity contribution in [3.05, 3.63) is 0 Å². The normalized spacial score (nSPS) is 33.6. The zero-order valence-corrected chi connectivity index (χ0v) is 10.9. The van der Waals surface area contributed by atoms with Crippen molar-refractivity contribution >= 4 is 11.9 Å². The van der Waals surface area contributed by atoms with E-state index in [1.54, 1.807) is 0 Å². The summed E-state index contributed by atoms with van der Waals surface area (Å²) in [6.45, 7) is 8.01.